The first-order valence-corrected chi connectivity index (χ1v) is 12.0. The molecule has 166 valence electrons. The number of amides is 2. The summed E-state index contributed by atoms with van der Waals surface area (Å²) >= 11 is 0. The van der Waals surface area contributed by atoms with E-state index in [4.69, 9.17) is 0 Å². The molecule has 29 heavy (non-hydrogen) atoms. The summed E-state index contributed by atoms with van der Waals surface area (Å²) in [5.74, 6) is 0.231. The number of likely N-dealkylation sites (tertiary alicyclic amines) is 2. The zero-order valence-electron chi connectivity index (χ0n) is 19.6. The Morgan fingerprint density at radius 2 is 1.69 bits per heavy atom. The highest BCUT2D eigenvalue weighted by atomic mass is 16.2. The predicted octanol–water partition coefficient (Wildman–Crippen LogP) is 5.57. The lowest BCUT2D eigenvalue weighted by molar-refractivity contribution is -0.146. The second kappa shape index (κ2) is 11.3. The van der Waals surface area contributed by atoms with Crippen LogP contribution in [0, 0.1) is 11.8 Å². The number of imide groups is 1. The number of rotatable bonds is 11. The summed E-state index contributed by atoms with van der Waals surface area (Å²) in [5.41, 5.74) is -0.00198. The van der Waals surface area contributed by atoms with E-state index < -0.39 is 0 Å². The quantitative estimate of drug-likeness (QED) is 0.257. The molecule has 2 fully saturated rings. The Morgan fingerprint density at radius 1 is 1.03 bits per heavy atom. The van der Waals surface area contributed by atoms with E-state index in [0.29, 0.717) is 12.8 Å². The molecule has 2 amide bonds. The van der Waals surface area contributed by atoms with E-state index >= 15 is 0 Å². The van der Waals surface area contributed by atoms with Crippen molar-refractivity contribution in [2.45, 2.75) is 110 Å². The molecule has 2 saturated heterocycles. The van der Waals surface area contributed by atoms with Gasteiger partial charge in [0.2, 0.25) is 11.8 Å². The van der Waals surface area contributed by atoms with Crippen LogP contribution >= 0.6 is 0 Å². The fraction of sp³-hybridized carbons (Fsp3) is 0.840. The molecule has 2 heterocycles. The molecule has 0 N–H and O–H groups in total. The Balaban J connectivity index is 1.76. The van der Waals surface area contributed by atoms with Gasteiger partial charge in [-0.2, -0.15) is 0 Å². The summed E-state index contributed by atoms with van der Waals surface area (Å²) in [5, 5.41) is 0. The molecule has 2 rings (SSSR count). The van der Waals surface area contributed by atoms with E-state index in [2.05, 4.69) is 51.8 Å². The van der Waals surface area contributed by atoms with Crippen molar-refractivity contribution in [1.29, 1.82) is 0 Å². The lowest BCUT2D eigenvalue weighted by Crippen LogP contribution is -2.60. The molecule has 0 bridgehead atoms. The molecule has 0 aromatic carbocycles. The van der Waals surface area contributed by atoms with Gasteiger partial charge in [0.05, 0.1) is 5.92 Å². The number of unbranched alkanes of at least 4 members (excludes halogenated alkanes) is 7. The summed E-state index contributed by atoms with van der Waals surface area (Å²) in [6.45, 7) is 9.82. The largest absolute Gasteiger partial charge is 0.301 e. The van der Waals surface area contributed by atoms with E-state index in [0.717, 1.165) is 19.4 Å². The molecule has 3 atom stereocenters. The number of nitrogens with zero attached hydrogens (tertiary/aromatic N) is 2. The third kappa shape index (κ3) is 6.16. The van der Waals surface area contributed by atoms with Gasteiger partial charge in [-0.3, -0.25) is 14.5 Å². The third-order valence-electron chi connectivity index (χ3n) is 7.61. The van der Waals surface area contributed by atoms with E-state index in [-0.39, 0.29) is 35.2 Å². The standard InChI is InChI=1S/C25H44N2O2/c1-6-7-8-9-10-11-12-13-14-15-16-21-19-23(28)27(24(21)29)22-17-18-26(5)25(3,4)20(22)2/h14-15,20-22H,6-13,16-19H2,1-5H3. The second-order valence-corrected chi connectivity index (χ2v) is 9.84. The summed E-state index contributed by atoms with van der Waals surface area (Å²) in [6, 6.07) is 0.0443. The number of hydrogen-bond donors (Lipinski definition) is 0. The Kier molecular flexibility index (Phi) is 9.39. The maximum absolute atomic E-state index is 13.0. The summed E-state index contributed by atoms with van der Waals surface area (Å²) in [7, 11) is 2.14. The van der Waals surface area contributed by atoms with Gasteiger partial charge in [-0.05, 0) is 52.5 Å². The van der Waals surface area contributed by atoms with Crippen LogP contribution in [0.3, 0.4) is 0 Å². The van der Waals surface area contributed by atoms with E-state index in [9.17, 15) is 9.59 Å². The van der Waals surface area contributed by atoms with Gasteiger partial charge in [0, 0.05) is 24.5 Å². The average molecular weight is 405 g/mol. The number of allylic oxidation sites excluding steroid dienone is 2. The van der Waals surface area contributed by atoms with Crippen LogP contribution in [-0.4, -0.2) is 46.8 Å². The van der Waals surface area contributed by atoms with Crippen molar-refractivity contribution in [2.75, 3.05) is 13.6 Å². The fourth-order valence-electron chi connectivity index (χ4n) is 4.88. The molecular formula is C25H44N2O2. The molecule has 2 aliphatic rings. The summed E-state index contributed by atoms with van der Waals surface area (Å²) in [4.78, 5) is 29.7. The monoisotopic (exact) mass is 404 g/mol. The van der Waals surface area contributed by atoms with Gasteiger partial charge >= 0.3 is 0 Å². The van der Waals surface area contributed by atoms with Crippen molar-refractivity contribution >= 4 is 11.8 Å². The normalized spacial score (nSPS) is 28.0. The molecule has 4 nitrogen and oxygen atoms in total. The van der Waals surface area contributed by atoms with Gasteiger partial charge in [0.25, 0.3) is 0 Å². The molecular weight excluding hydrogens is 360 g/mol. The van der Waals surface area contributed by atoms with Crippen LogP contribution < -0.4 is 0 Å². The first-order valence-electron chi connectivity index (χ1n) is 12.0. The SMILES string of the molecule is CCCCCCCCCC=CCC1CC(=O)N(C2CCN(C)C(C)(C)C2C)C1=O. The molecule has 0 aliphatic carbocycles. The van der Waals surface area contributed by atoms with Gasteiger partial charge in [-0.1, -0.05) is 64.5 Å². The van der Waals surface area contributed by atoms with Crippen LogP contribution in [0.2, 0.25) is 0 Å². The second-order valence-electron chi connectivity index (χ2n) is 9.84. The average Bonchev–Trinajstić information content (AvgIpc) is 2.96. The first kappa shape index (κ1) is 24.1. The molecule has 2 aliphatic heterocycles. The van der Waals surface area contributed by atoms with Crippen molar-refractivity contribution < 1.29 is 9.59 Å². The molecule has 0 aromatic rings. The van der Waals surface area contributed by atoms with Gasteiger partial charge in [0.1, 0.15) is 0 Å². The van der Waals surface area contributed by atoms with Gasteiger partial charge < -0.3 is 4.90 Å². The van der Waals surface area contributed by atoms with Gasteiger partial charge in [-0.25, -0.2) is 0 Å². The Labute approximate surface area is 179 Å². The van der Waals surface area contributed by atoms with Crippen LogP contribution in [-0.2, 0) is 9.59 Å². The van der Waals surface area contributed by atoms with E-state index in [1.165, 1.54) is 44.9 Å². The van der Waals surface area contributed by atoms with E-state index in [1.54, 1.807) is 4.90 Å². The lowest BCUT2D eigenvalue weighted by Gasteiger charge is -2.50. The Morgan fingerprint density at radius 3 is 2.38 bits per heavy atom. The van der Waals surface area contributed by atoms with Crippen molar-refractivity contribution in [2.24, 2.45) is 11.8 Å². The minimum atomic E-state index is -0.150. The fourth-order valence-corrected chi connectivity index (χ4v) is 4.88. The van der Waals surface area contributed by atoms with Crippen LogP contribution in [0.5, 0.6) is 0 Å². The molecule has 0 aromatic heterocycles. The number of carbonyl (C=O) groups excluding carboxylic acids is 2. The van der Waals surface area contributed by atoms with Gasteiger partial charge in [-0.15, -0.1) is 0 Å². The van der Waals surface area contributed by atoms with Crippen molar-refractivity contribution in [1.82, 2.24) is 9.80 Å². The minimum absolute atomic E-state index is 0.00198. The summed E-state index contributed by atoms with van der Waals surface area (Å²) in [6.07, 6.45) is 16.7. The maximum atomic E-state index is 13.0. The zero-order valence-corrected chi connectivity index (χ0v) is 19.6. The van der Waals surface area contributed by atoms with Crippen molar-refractivity contribution in [3.05, 3.63) is 12.2 Å². The number of carbonyl (C=O) groups is 2. The summed E-state index contributed by atoms with van der Waals surface area (Å²) < 4.78 is 0. The van der Waals surface area contributed by atoms with Crippen LogP contribution in [0.15, 0.2) is 12.2 Å². The lowest BCUT2D eigenvalue weighted by atomic mass is 9.76. The minimum Gasteiger partial charge on any atom is -0.301 e. The maximum Gasteiger partial charge on any atom is 0.233 e. The molecule has 0 spiro atoms. The van der Waals surface area contributed by atoms with Crippen molar-refractivity contribution in [3.63, 3.8) is 0 Å². The third-order valence-corrected chi connectivity index (χ3v) is 7.61. The highest BCUT2D eigenvalue weighted by Gasteiger charge is 2.48. The van der Waals surface area contributed by atoms with Crippen LogP contribution in [0.1, 0.15) is 98.3 Å². The zero-order chi connectivity index (χ0) is 21.4. The molecule has 0 saturated carbocycles. The molecule has 0 radical (unpaired) electrons. The Hall–Kier alpha value is -1.16. The molecule has 3 unspecified atom stereocenters. The van der Waals surface area contributed by atoms with Crippen molar-refractivity contribution in [3.8, 4) is 0 Å². The number of piperidine rings is 1. The topological polar surface area (TPSA) is 40.6 Å². The van der Waals surface area contributed by atoms with Crippen LogP contribution in [0.4, 0.5) is 0 Å². The molecule has 4 heteroatoms. The number of hydrogen-bond acceptors (Lipinski definition) is 3. The van der Waals surface area contributed by atoms with Gasteiger partial charge in [0.15, 0.2) is 0 Å². The predicted molar refractivity (Wildman–Crippen MR) is 121 cm³/mol. The Bertz CT molecular complexity index is 569. The highest BCUT2D eigenvalue weighted by Crippen LogP contribution is 2.38. The van der Waals surface area contributed by atoms with E-state index in [1.807, 2.05) is 0 Å². The smallest absolute Gasteiger partial charge is 0.233 e. The van der Waals surface area contributed by atoms with Crippen LogP contribution in [0.25, 0.3) is 0 Å². The highest BCUT2D eigenvalue weighted by molar-refractivity contribution is 6.04. The first-order chi connectivity index (χ1) is 13.8.